The van der Waals surface area contributed by atoms with Crippen LogP contribution in [0.1, 0.15) is 190 Å². The molecule has 2 fully saturated rings. The molecule has 87 heavy (non-hydrogen) atoms. The number of para-hydroxylation sites is 3. The zero-order chi connectivity index (χ0) is 60.5. The first-order chi connectivity index (χ1) is 41.8. The highest BCUT2D eigenvalue weighted by Crippen LogP contribution is 2.54. The van der Waals surface area contributed by atoms with Crippen LogP contribution in [0.15, 0.2) is 170 Å². The number of rotatable bonds is 12. The lowest BCUT2D eigenvalue weighted by atomic mass is 9.75. The normalized spacial score (nSPS) is 15.4. The minimum Gasteiger partial charge on any atom is -0.457 e. The van der Waals surface area contributed by atoms with Crippen molar-refractivity contribution >= 4 is 44.6 Å². The molecule has 5 nitrogen and oxygen atoms in total. The van der Waals surface area contributed by atoms with Crippen molar-refractivity contribution in [1.82, 2.24) is 9.55 Å². The topological polar surface area (TPSA) is 33.5 Å². The molecule has 0 amide bonds. The van der Waals surface area contributed by atoms with E-state index < -0.39 is 11.6 Å². The van der Waals surface area contributed by atoms with Crippen molar-refractivity contribution in [1.29, 1.82) is 0 Å². The molecule has 10 aromatic rings. The number of fused-ring (bicyclic) bond motifs is 4. The molecule has 3 aliphatic rings. The van der Waals surface area contributed by atoms with Crippen LogP contribution in [0.5, 0.6) is 11.5 Å². The number of halogens is 2. The lowest BCUT2D eigenvalue weighted by molar-refractivity contribution is 0.436. The van der Waals surface area contributed by atoms with E-state index >= 15 is 8.78 Å². The Hall–Kier alpha value is -8.03. The van der Waals surface area contributed by atoms with Crippen LogP contribution in [0.25, 0.3) is 61.0 Å². The molecule has 2 aromatic heterocycles. The second-order valence-electron chi connectivity index (χ2n) is 28.0. The summed E-state index contributed by atoms with van der Waals surface area (Å²) in [5, 5.41) is 2.29. The van der Waals surface area contributed by atoms with Crippen LogP contribution in [0.3, 0.4) is 0 Å². The Morgan fingerprint density at radius 2 is 1.06 bits per heavy atom. The molecule has 1 aliphatic heterocycles. The van der Waals surface area contributed by atoms with Crippen molar-refractivity contribution in [2.45, 2.75) is 168 Å². The predicted molar refractivity (Wildman–Crippen MR) is 361 cm³/mol. The minimum absolute atomic E-state index is 0.0636. The van der Waals surface area contributed by atoms with E-state index in [1.165, 1.54) is 110 Å². The quantitative estimate of drug-likeness (QED) is 0.122. The van der Waals surface area contributed by atoms with Crippen LogP contribution in [-0.2, 0) is 10.8 Å². The third-order valence-corrected chi connectivity index (χ3v) is 19.2. The fourth-order valence-corrected chi connectivity index (χ4v) is 14.4. The van der Waals surface area contributed by atoms with Crippen LogP contribution < -0.4 is 14.5 Å². The molecule has 444 valence electrons. The predicted octanol–water partition coefficient (Wildman–Crippen LogP) is 23.4. The summed E-state index contributed by atoms with van der Waals surface area (Å²) in [6.07, 6.45) is 14.2. The molecule has 0 radical (unpaired) electrons. The summed E-state index contributed by atoms with van der Waals surface area (Å²) < 4.78 is 41.4. The molecule has 0 spiro atoms. The summed E-state index contributed by atoms with van der Waals surface area (Å²) in [5.41, 5.74) is 19.3. The largest absolute Gasteiger partial charge is 0.457 e. The Morgan fingerprint density at radius 1 is 0.483 bits per heavy atom. The van der Waals surface area contributed by atoms with Gasteiger partial charge in [-0.3, -0.25) is 4.57 Å². The van der Waals surface area contributed by atoms with Crippen LogP contribution >= 0.6 is 0 Å². The minimum atomic E-state index is -0.608. The monoisotopic (exact) mass is 1150 g/mol. The van der Waals surface area contributed by atoms with E-state index in [4.69, 9.17) is 9.72 Å². The average molecular weight is 1160 g/mol. The van der Waals surface area contributed by atoms with Gasteiger partial charge in [0.05, 0.1) is 28.1 Å². The summed E-state index contributed by atoms with van der Waals surface area (Å²) in [6, 6.07) is 57.9. The van der Waals surface area contributed by atoms with Gasteiger partial charge in [0, 0.05) is 52.0 Å². The van der Waals surface area contributed by atoms with Gasteiger partial charge in [-0.05, 0) is 195 Å². The van der Waals surface area contributed by atoms with Gasteiger partial charge in [-0.2, -0.15) is 0 Å². The Bertz CT molecular complexity index is 4140. The number of nitrogens with zero attached hydrogens (tertiary/aromatic N) is 4. The van der Waals surface area contributed by atoms with Gasteiger partial charge in [0.1, 0.15) is 35.6 Å². The van der Waals surface area contributed by atoms with Crippen molar-refractivity contribution in [3.8, 4) is 50.7 Å². The molecule has 2 saturated carbocycles. The zero-order valence-corrected chi connectivity index (χ0v) is 52.7. The van der Waals surface area contributed by atoms with Crippen molar-refractivity contribution in [3.63, 3.8) is 0 Å². The van der Waals surface area contributed by atoms with Crippen LogP contribution in [0, 0.1) is 11.6 Å². The Balaban J connectivity index is 1.03. The third-order valence-electron chi connectivity index (χ3n) is 19.2. The first-order valence-electron chi connectivity index (χ1n) is 32.2. The summed E-state index contributed by atoms with van der Waals surface area (Å²) in [6.45, 7) is 22.9. The van der Waals surface area contributed by atoms with E-state index in [-0.39, 0.29) is 22.7 Å². The number of hydrogen-bond donors (Lipinski definition) is 0. The molecule has 7 heteroatoms. The number of hydrogen-bond acceptors (Lipinski definition) is 4. The summed E-state index contributed by atoms with van der Waals surface area (Å²) in [4.78, 5) is 9.86. The van der Waals surface area contributed by atoms with E-state index in [0.717, 1.165) is 95.8 Å². The first-order valence-corrected chi connectivity index (χ1v) is 32.2. The summed E-state index contributed by atoms with van der Waals surface area (Å²) >= 11 is 0. The van der Waals surface area contributed by atoms with Gasteiger partial charge in [0.15, 0.2) is 0 Å². The van der Waals surface area contributed by atoms with E-state index in [0.29, 0.717) is 24.1 Å². The molecule has 13 rings (SSSR count). The van der Waals surface area contributed by atoms with E-state index in [1.54, 1.807) is 0 Å². The maximum Gasteiger partial charge on any atom is 0.137 e. The SMILES string of the molecule is CC(C)c1cc(-c2cc(C(C)(C)C)cc(-c3cc(F)cc(F)c3)c2N2CN(c3cc(Oc4ccc5c6ccccc6n(-c6cc(C(C)(C)C)ccn6)c5c4)cc(-c4c(C5CCCCC5)cccc4C4CCCCC4)c3)c3ccccc32)cc(C(C)C)c1. The molecule has 2 aliphatic carbocycles. The second kappa shape index (κ2) is 23.2. The molecule has 0 atom stereocenters. The van der Waals surface area contributed by atoms with Gasteiger partial charge in [-0.25, -0.2) is 13.8 Å². The van der Waals surface area contributed by atoms with E-state index in [9.17, 15) is 0 Å². The van der Waals surface area contributed by atoms with Crippen molar-refractivity contribution < 1.29 is 13.5 Å². The van der Waals surface area contributed by atoms with Gasteiger partial charge >= 0.3 is 0 Å². The number of anilines is 4. The van der Waals surface area contributed by atoms with Gasteiger partial charge in [0.25, 0.3) is 0 Å². The molecule has 0 bridgehead atoms. The second-order valence-corrected chi connectivity index (χ2v) is 28.0. The highest BCUT2D eigenvalue weighted by Gasteiger charge is 2.35. The average Bonchev–Trinajstić information content (AvgIpc) is 1.73. The molecule has 8 aromatic carbocycles. The molecule has 0 unspecified atom stereocenters. The molecular weight excluding hydrogens is 1070 g/mol. The molecule has 0 N–H and O–H groups in total. The van der Waals surface area contributed by atoms with E-state index in [1.807, 2.05) is 6.20 Å². The number of ether oxygens (including phenoxy) is 1. The lowest BCUT2D eigenvalue weighted by Gasteiger charge is -2.31. The Morgan fingerprint density at radius 3 is 1.67 bits per heavy atom. The standard InChI is InChI=1S/C80H84F2N4O/c1-50(2)54-36-55(51(3)4)38-56(37-54)70-43-60(80(8,9)10)44-71(57-39-61(81)46-62(82)40-57)78(70)85-49-84(73-30-19-20-31-74(73)85)63-41-58(77-66(52-22-13-11-14-23-52)27-21-28-67(77)53-24-15-12-16-25-53)42-65(47-63)87-64-32-33-69-68-26-17-18-29-72(68)86(75(69)48-64)76-45-59(34-35-83-76)79(5,6)7/h17-21,26-48,50-53H,11-16,22-25,49H2,1-10H3. The zero-order valence-electron chi connectivity index (χ0n) is 52.7. The van der Waals surface area contributed by atoms with Crippen LogP contribution in [0.2, 0.25) is 0 Å². The number of aromatic nitrogens is 2. The Kier molecular flexibility index (Phi) is 15.5. The van der Waals surface area contributed by atoms with Gasteiger partial charge in [-0.1, -0.05) is 174 Å². The van der Waals surface area contributed by atoms with Gasteiger partial charge in [0.2, 0.25) is 0 Å². The van der Waals surface area contributed by atoms with Crippen LogP contribution in [0.4, 0.5) is 31.5 Å². The summed E-state index contributed by atoms with van der Waals surface area (Å²) in [5.74, 6) is 2.62. The van der Waals surface area contributed by atoms with E-state index in [2.05, 4.69) is 229 Å². The molecule has 3 heterocycles. The van der Waals surface area contributed by atoms with Gasteiger partial charge < -0.3 is 14.5 Å². The van der Waals surface area contributed by atoms with Crippen molar-refractivity contribution in [2.75, 3.05) is 16.5 Å². The lowest BCUT2D eigenvalue weighted by Crippen LogP contribution is -2.25. The molecule has 0 saturated heterocycles. The fourth-order valence-electron chi connectivity index (χ4n) is 14.4. The molecular formula is C80H84F2N4O. The Labute approximate surface area is 515 Å². The van der Waals surface area contributed by atoms with Gasteiger partial charge in [-0.15, -0.1) is 0 Å². The van der Waals surface area contributed by atoms with Crippen molar-refractivity contribution in [3.05, 3.63) is 215 Å². The summed E-state index contributed by atoms with van der Waals surface area (Å²) in [7, 11) is 0. The fraction of sp³-hybridized carbons (Fsp3) is 0.338. The number of benzene rings is 8. The third kappa shape index (κ3) is 11.4. The highest BCUT2D eigenvalue weighted by molar-refractivity contribution is 6.09. The maximum absolute atomic E-state index is 15.9. The van der Waals surface area contributed by atoms with Crippen molar-refractivity contribution in [2.24, 2.45) is 0 Å². The number of pyridine rings is 1. The maximum atomic E-state index is 15.9. The highest BCUT2D eigenvalue weighted by atomic mass is 19.1. The first kappa shape index (κ1) is 58.0. The van der Waals surface area contributed by atoms with Crippen LogP contribution in [-0.4, -0.2) is 16.2 Å². The smallest absolute Gasteiger partial charge is 0.137 e.